The van der Waals surface area contributed by atoms with Gasteiger partial charge in [0.25, 0.3) is 0 Å². The van der Waals surface area contributed by atoms with Crippen LogP contribution in [-0.4, -0.2) is 33.5 Å². The summed E-state index contributed by atoms with van der Waals surface area (Å²) in [7, 11) is 0. The number of aliphatic carboxylic acids is 1. The van der Waals surface area contributed by atoms with E-state index in [4.69, 9.17) is 5.11 Å². The molecule has 3 N–H and O–H groups in total. The van der Waals surface area contributed by atoms with Crippen molar-refractivity contribution < 1.29 is 20.1 Å². The molecule has 4 aliphatic carbocycles. The third-order valence-electron chi connectivity index (χ3n) is 11.0. The summed E-state index contributed by atoms with van der Waals surface area (Å²) in [6, 6.07) is 0. The zero-order valence-electron chi connectivity index (χ0n) is 19.5. The van der Waals surface area contributed by atoms with Gasteiger partial charge in [0.2, 0.25) is 0 Å². The van der Waals surface area contributed by atoms with Crippen LogP contribution in [0.4, 0.5) is 0 Å². The Labute approximate surface area is 182 Å². The van der Waals surface area contributed by atoms with Crippen LogP contribution in [0, 0.1) is 52.3 Å². The van der Waals surface area contributed by atoms with Crippen LogP contribution in [0.1, 0.15) is 91.9 Å². The maximum atomic E-state index is 11.7. The lowest BCUT2D eigenvalue weighted by atomic mass is 9.41. The monoisotopic (exact) mass is 420 g/mol. The average Bonchev–Trinajstić information content (AvgIpc) is 3.05. The fourth-order valence-electron chi connectivity index (χ4n) is 9.48. The Balaban J connectivity index is 1.61. The van der Waals surface area contributed by atoms with Gasteiger partial charge in [0.15, 0.2) is 0 Å². The van der Waals surface area contributed by atoms with Crippen molar-refractivity contribution >= 4 is 5.97 Å². The Morgan fingerprint density at radius 3 is 2.33 bits per heavy atom. The zero-order chi connectivity index (χ0) is 21.8. The third kappa shape index (κ3) is 3.36. The number of aliphatic hydroxyl groups excluding tert-OH is 2. The van der Waals surface area contributed by atoms with E-state index in [0.29, 0.717) is 41.4 Å². The Morgan fingerprint density at radius 1 is 1.00 bits per heavy atom. The van der Waals surface area contributed by atoms with Crippen LogP contribution in [0.3, 0.4) is 0 Å². The maximum absolute atomic E-state index is 11.7. The molecule has 0 bridgehead atoms. The molecule has 1 unspecified atom stereocenters. The third-order valence-corrected chi connectivity index (χ3v) is 11.0. The number of carboxylic acids is 1. The SMILES string of the molecule is CC[C@H]1[C@@H](O)[C@@H]2[C@H](CC[C@]3(C)[C@@H]([C@H](C)CCC(=O)O)CC[C@@H]23)[C@@]2(C)CCC(O)C[C@@H]12. The van der Waals surface area contributed by atoms with Crippen LogP contribution < -0.4 is 0 Å². The molecule has 4 aliphatic rings. The summed E-state index contributed by atoms with van der Waals surface area (Å²) >= 11 is 0. The van der Waals surface area contributed by atoms with Crippen molar-refractivity contribution in [3.05, 3.63) is 0 Å². The largest absolute Gasteiger partial charge is 0.481 e. The van der Waals surface area contributed by atoms with Gasteiger partial charge in [-0.2, -0.15) is 0 Å². The molecule has 0 aliphatic heterocycles. The molecule has 0 aromatic rings. The molecular weight excluding hydrogens is 376 g/mol. The highest BCUT2D eigenvalue weighted by atomic mass is 16.4. The second-order valence-electron chi connectivity index (χ2n) is 12.0. The molecule has 0 radical (unpaired) electrons. The molecule has 0 aromatic carbocycles. The van der Waals surface area contributed by atoms with Crippen molar-refractivity contribution in [2.24, 2.45) is 52.3 Å². The van der Waals surface area contributed by atoms with Crippen molar-refractivity contribution in [3.63, 3.8) is 0 Å². The van der Waals surface area contributed by atoms with Gasteiger partial charge in [-0.25, -0.2) is 0 Å². The van der Waals surface area contributed by atoms with Gasteiger partial charge in [-0.1, -0.05) is 34.1 Å². The van der Waals surface area contributed by atoms with E-state index in [2.05, 4.69) is 27.7 Å². The Hall–Kier alpha value is -0.610. The molecule has 0 aromatic heterocycles. The number of rotatable bonds is 5. The summed E-state index contributed by atoms with van der Waals surface area (Å²) in [6.07, 6.45) is 9.27. The first-order valence-corrected chi connectivity index (χ1v) is 12.7. The number of aliphatic hydroxyl groups is 2. The quantitative estimate of drug-likeness (QED) is 0.577. The van der Waals surface area contributed by atoms with Crippen LogP contribution >= 0.6 is 0 Å². The predicted molar refractivity (Wildman–Crippen MR) is 118 cm³/mol. The number of hydrogen-bond acceptors (Lipinski definition) is 3. The lowest BCUT2D eigenvalue weighted by Crippen LogP contribution is -2.62. The number of hydrogen-bond donors (Lipinski definition) is 3. The lowest BCUT2D eigenvalue weighted by Gasteiger charge is -2.64. The van der Waals surface area contributed by atoms with Crippen molar-refractivity contribution in [2.75, 3.05) is 0 Å². The van der Waals surface area contributed by atoms with Crippen molar-refractivity contribution in [1.29, 1.82) is 0 Å². The van der Waals surface area contributed by atoms with E-state index >= 15 is 0 Å². The van der Waals surface area contributed by atoms with Gasteiger partial charge in [-0.05, 0) is 104 Å². The van der Waals surface area contributed by atoms with Crippen molar-refractivity contribution in [1.82, 2.24) is 0 Å². The van der Waals surface area contributed by atoms with Gasteiger partial charge in [0, 0.05) is 6.42 Å². The summed E-state index contributed by atoms with van der Waals surface area (Å²) in [5.41, 5.74) is 0.480. The Morgan fingerprint density at radius 2 is 1.67 bits per heavy atom. The van der Waals surface area contributed by atoms with E-state index < -0.39 is 5.97 Å². The van der Waals surface area contributed by atoms with E-state index in [-0.39, 0.29) is 29.5 Å². The minimum Gasteiger partial charge on any atom is -0.481 e. The summed E-state index contributed by atoms with van der Waals surface area (Å²) in [5, 5.41) is 31.3. The summed E-state index contributed by atoms with van der Waals surface area (Å²) in [5.74, 6) is 2.58. The average molecular weight is 421 g/mol. The van der Waals surface area contributed by atoms with E-state index in [1.54, 1.807) is 0 Å². The van der Waals surface area contributed by atoms with Crippen LogP contribution in [0.2, 0.25) is 0 Å². The second-order valence-corrected chi connectivity index (χ2v) is 12.0. The van der Waals surface area contributed by atoms with E-state index in [1.807, 2.05) is 0 Å². The standard InChI is InChI=1S/C26H44O4/c1-5-17-21-14-16(27)10-12-26(21,4)20-11-13-25(3)18(15(2)6-9-22(28)29)7-8-19(25)23(20)24(17)30/h15-21,23-24,27,30H,5-14H2,1-4H3,(H,28,29)/t15-,16?,17-,18-,19+,20+,21+,23+,24-,25-,26-/m1/s1. The highest BCUT2D eigenvalue weighted by molar-refractivity contribution is 5.66. The minimum absolute atomic E-state index is 0.194. The molecule has 0 spiro atoms. The molecule has 4 rings (SSSR count). The van der Waals surface area contributed by atoms with Gasteiger partial charge < -0.3 is 15.3 Å². The summed E-state index contributed by atoms with van der Waals surface area (Å²) in [4.78, 5) is 11.1. The van der Waals surface area contributed by atoms with Gasteiger partial charge >= 0.3 is 5.97 Å². The maximum Gasteiger partial charge on any atom is 0.303 e. The Kier molecular flexibility index (Phi) is 6.07. The molecule has 4 heteroatoms. The number of carbonyl (C=O) groups is 1. The summed E-state index contributed by atoms with van der Waals surface area (Å²) < 4.78 is 0. The second kappa shape index (κ2) is 8.06. The number of carboxylic acid groups (broad SMARTS) is 1. The minimum atomic E-state index is -0.683. The predicted octanol–water partition coefficient (Wildman–Crippen LogP) is 5.11. The van der Waals surface area contributed by atoms with E-state index in [0.717, 1.165) is 32.1 Å². The van der Waals surface area contributed by atoms with Crippen LogP contribution in [-0.2, 0) is 4.79 Å². The molecule has 4 nitrogen and oxygen atoms in total. The molecule has 0 saturated heterocycles. The van der Waals surface area contributed by atoms with Gasteiger partial charge in [0.05, 0.1) is 12.2 Å². The molecule has 0 amide bonds. The molecule has 0 heterocycles. The smallest absolute Gasteiger partial charge is 0.303 e. The highest BCUT2D eigenvalue weighted by Gasteiger charge is 2.64. The first-order valence-electron chi connectivity index (χ1n) is 12.7. The Bertz CT molecular complexity index is 649. The molecule has 11 atom stereocenters. The van der Waals surface area contributed by atoms with Crippen molar-refractivity contribution in [3.8, 4) is 0 Å². The fraction of sp³-hybridized carbons (Fsp3) is 0.962. The van der Waals surface area contributed by atoms with E-state index in [9.17, 15) is 15.0 Å². The van der Waals surface area contributed by atoms with Crippen LogP contribution in [0.5, 0.6) is 0 Å². The molecule has 4 fully saturated rings. The van der Waals surface area contributed by atoms with Gasteiger partial charge in [-0.15, -0.1) is 0 Å². The zero-order valence-corrected chi connectivity index (χ0v) is 19.5. The van der Waals surface area contributed by atoms with Crippen molar-refractivity contribution in [2.45, 2.75) is 104 Å². The highest BCUT2D eigenvalue weighted by Crippen LogP contribution is 2.69. The normalized spacial score (nSPS) is 51.5. The van der Waals surface area contributed by atoms with Gasteiger partial charge in [0.1, 0.15) is 0 Å². The lowest BCUT2D eigenvalue weighted by molar-refractivity contribution is -0.203. The van der Waals surface area contributed by atoms with Crippen LogP contribution in [0.25, 0.3) is 0 Å². The molecule has 4 saturated carbocycles. The number of fused-ring (bicyclic) bond motifs is 5. The first-order chi connectivity index (χ1) is 14.1. The first kappa shape index (κ1) is 22.6. The topological polar surface area (TPSA) is 77.8 Å². The fourth-order valence-corrected chi connectivity index (χ4v) is 9.48. The van der Waals surface area contributed by atoms with Gasteiger partial charge in [-0.3, -0.25) is 4.79 Å². The molecular formula is C26H44O4. The van der Waals surface area contributed by atoms with Crippen LogP contribution in [0.15, 0.2) is 0 Å². The molecule has 172 valence electrons. The summed E-state index contributed by atoms with van der Waals surface area (Å²) in [6.45, 7) is 9.44. The molecule has 30 heavy (non-hydrogen) atoms. The van der Waals surface area contributed by atoms with E-state index in [1.165, 1.54) is 25.7 Å².